The highest BCUT2D eigenvalue weighted by molar-refractivity contribution is 7.92. The summed E-state index contributed by atoms with van der Waals surface area (Å²) in [6.45, 7) is 12.6. The number of halogens is 1. The fourth-order valence-electron chi connectivity index (χ4n) is 4.72. The Balaban J connectivity index is 1.50. The molecule has 1 spiro atoms. The quantitative estimate of drug-likeness (QED) is 0.527. The Kier molecular flexibility index (Phi) is 5.80. The largest absolute Gasteiger partial charge is 0.444 e. The summed E-state index contributed by atoms with van der Waals surface area (Å²) in [5.74, 6) is 0.482. The maximum atomic E-state index is 13.6. The van der Waals surface area contributed by atoms with Crippen molar-refractivity contribution in [1.29, 1.82) is 0 Å². The van der Waals surface area contributed by atoms with Gasteiger partial charge in [0.05, 0.1) is 10.3 Å². The third-order valence-electron chi connectivity index (χ3n) is 6.63. The number of aromatic nitrogens is 1. The minimum atomic E-state index is -3.69. The number of amides is 1. The molecule has 33 heavy (non-hydrogen) atoms. The predicted octanol–water partition coefficient (Wildman–Crippen LogP) is 5.73. The molecular weight excluding hydrogens is 464 g/mol. The highest BCUT2D eigenvalue weighted by Gasteiger charge is 2.52. The lowest BCUT2D eigenvalue weighted by atomic mass is 9.63. The van der Waals surface area contributed by atoms with Crippen LogP contribution in [0, 0.1) is 5.41 Å². The van der Waals surface area contributed by atoms with Gasteiger partial charge in [-0.05, 0) is 64.0 Å². The fourth-order valence-corrected chi connectivity index (χ4v) is 7.42. The Morgan fingerprint density at radius 1 is 1.15 bits per heavy atom. The van der Waals surface area contributed by atoms with E-state index in [4.69, 9.17) is 20.8 Å². The van der Waals surface area contributed by atoms with Crippen LogP contribution in [0.1, 0.15) is 73.1 Å². The number of carbonyl (C=O) groups is 1. The van der Waals surface area contributed by atoms with Gasteiger partial charge >= 0.3 is 6.09 Å². The molecule has 1 amide bonds. The van der Waals surface area contributed by atoms with Crippen LogP contribution in [0.25, 0.3) is 11.1 Å². The van der Waals surface area contributed by atoms with Gasteiger partial charge in [-0.25, -0.2) is 18.2 Å². The molecule has 1 aromatic heterocycles. The highest BCUT2D eigenvalue weighted by Crippen LogP contribution is 2.53. The third-order valence-corrected chi connectivity index (χ3v) is 9.24. The van der Waals surface area contributed by atoms with Gasteiger partial charge in [-0.3, -0.25) is 0 Å². The standard InChI is InChI=1S/C24H33ClN2O5S/c1-22(2,3)20-26-17-8-7-16(25)19(18(17)31-20)33(29,30)15-13-24(14-15)9-11-27(12-10-24)21(28)32-23(4,5)6/h7-8,15H,9-14H2,1-6H3. The van der Waals surface area contributed by atoms with Crippen LogP contribution >= 0.6 is 11.6 Å². The molecule has 0 unspecified atom stereocenters. The van der Waals surface area contributed by atoms with Gasteiger partial charge in [0, 0.05) is 18.5 Å². The van der Waals surface area contributed by atoms with Gasteiger partial charge in [-0.2, -0.15) is 0 Å². The zero-order valence-corrected chi connectivity index (χ0v) is 21.8. The van der Waals surface area contributed by atoms with Crippen LogP contribution in [0.2, 0.25) is 5.02 Å². The van der Waals surface area contributed by atoms with Crippen LogP contribution in [0.3, 0.4) is 0 Å². The Bertz CT molecular complexity index is 1170. The summed E-state index contributed by atoms with van der Waals surface area (Å²) in [7, 11) is -3.69. The summed E-state index contributed by atoms with van der Waals surface area (Å²) in [6, 6.07) is 3.28. The van der Waals surface area contributed by atoms with Gasteiger partial charge in [0.25, 0.3) is 0 Å². The molecular formula is C24H33ClN2O5S. The number of oxazole rings is 1. The van der Waals surface area contributed by atoms with E-state index in [-0.39, 0.29) is 32.4 Å². The zero-order chi connectivity index (χ0) is 24.4. The van der Waals surface area contributed by atoms with Crippen LogP contribution in [-0.4, -0.2) is 48.3 Å². The lowest BCUT2D eigenvalue weighted by Crippen LogP contribution is -2.53. The van der Waals surface area contributed by atoms with Crippen molar-refractivity contribution in [2.75, 3.05) is 13.1 Å². The molecule has 0 atom stereocenters. The van der Waals surface area contributed by atoms with Gasteiger partial charge in [0.2, 0.25) is 5.89 Å². The van der Waals surface area contributed by atoms with Crippen LogP contribution in [0.15, 0.2) is 21.4 Å². The van der Waals surface area contributed by atoms with Crippen molar-refractivity contribution in [2.45, 2.75) is 88.4 Å². The predicted molar refractivity (Wildman–Crippen MR) is 127 cm³/mol. The first-order valence-corrected chi connectivity index (χ1v) is 13.4. The van der Waals surface area contributed by atoms with E-state index in [0.29, 0.717) is 37.3 Å². The smallest absolute Gasteiger partial charge is 0.410 e. The Morgan fingerprint density at radius 3 is 2.30 bits per heavy atom. The minimum absolute atomic E-state index is 0.0516. The summed E-state index contributed by atoms with van der Waals surface area (Å²) in [4.78, 5) is 18.6. The van der Waals surface area contributed by atoms with Gasteiger partial charge in [-0.1, -0.05) is 32.4 Å². The first-order valence-electron chi connectivity index (χ1n) is 11.4. The SMILES string of the molecule is CC(C)(C)OC(=O)N1CCC2(CC1)CC(S(=O)(=O)c1c(Cl)ccc3nc(C(C)(C)C)oc13)C2. The van der Waals surface area contributed by atoms with Gasteiger partial charge in [0.15, 0.2) is 15.4 Å². The average molecular weight is 497 g/mol. The van der Waals surface area contributed by atoms with Crippen molar-refractivity contribution in [2.24, 2.45) is 5.41 Å². The second-order valence-electron chi connectivity index (χ2n) is 11.5. The molecule has 0 radical (unpaired) electrons. The maximum absolute atomic E-state index is 13.6. The molecule has 7 nitrogen and oxygen atoms in total. The van der Waals surface area contributed by atoms with Gasteiger partial charge in [0.1, 0.15) is 16.0 Å². The number of ether oxygens (including phenoxy) is 1. The molecule has 9 heteroatoms. The van der Waals surface area contributed by atoms with E-state index in [9.17, 15) is 13.2 Å². The number of fused-ring (bicyclic) bond motifs is 1. The molecule has 1 saturated carbocycles. The zero-order valence-electron chi connectivity index (χ0n) is 20.2. The molecule has 182 valence electrons. The number of rotatable bonds is 2. The Hall–Kier alpha value is -1.80. The van der Waals surface area contributed by atoms with Crippen LogP contribution in [-0.2, 0) is 20.0 Å². The summed E-state index contributed by atoms with van der Waals surface area (Å²) in [5, 5.41) is -0.350. The topological polar surface area (TPSA) is 89.7 Å². The molecule has 2 fully saturated rings. The lowest BCUT2D eigenvalue weighted by molar-refractivity contribution is -0.00428. The first-order chi connectivity index (χ1) is 15.1. The van der Waals surface area contributed by atoms with Crippen LogP contribution in [0.5, 0.6) is 0 Å². The summed E-state index contributed by atoms with van der Waals surface area (Å²) in [5.41, 5.74) is -0.199. The van der Waals surface area contributed by atoms with E-state index in [1.54, 1.807) is 17.0 Å². The van der Waals surface area contributed by atoms with E-state index in [0.717, 1.165) is 12.8 Å². The molecule has 0 bridgehead atoms. The fraction of sp³-hybridized carbons (Fsp3) is 0.667. The summed E-state index contributed by atoms with van der Waals surface area (Å²) >= 11 is 6.40. The van der Waals surface area contributed by atoms with Gasteiger partial charge in [-0.15, -0.1) is 0 Å². The number of benzene rings is 1. The number of hydrogen-bond donors (Lipinski definition) is 0. The Morgan fingerprint density at radius 2 is 1.76 bits per heavy atom. The number of sulfone groups is 1. The van der Waals surface area contributed by atoms with Crippen LogP contribution < -0.4 is 0 Å². The third kappa shape index (κ3) is 4.61. The van der Waals surface area contributed by atoms with Crippen molar-refractivity contribution in [3.63, 3.8) is 0 Å². The maximum Gasteiger partial charge on any atom is 0.410 e. The summed E-state index contributed by atoms with van der Waals surface area (Å²) < 4.78 is 38.6. The van der Waals surface area contributed by atoms with E-state index in [1.165, 1.54) is 0 Å². The van der Waals surface area contributed by atoms with Crippen molar-refractivity contribution >= 4 is 38.6 Å². The molecule has 1 aliphatic carbocycles. The van der Waals surface area contributed by atoms with Crippen molar-refractivity contribution in [3.05, 3.63) is 23.0 Å². The number of carbonyl (C=O) groups excluding carboxylic acids is 1. The Labute approximate surface area is 200 Å². The van der Waals surface area contributed by atoms with Crippen molar-refractivity contribution in [3.8, 4) is 0 Å². The first kappa shape index (κ1) is 24.3. The lowest BCUT2D eigenvalue weighted by Gasteiger charge is -2.51. The number of nitrogens with zero attached hydrogens (tertiary/aromatic N) is 2. The second-order valence-corrected chi connectivity index (χ2v) is 14.1. The molecule has 1 saturated heterocycles. The summed E-state index contributed by atoms with van der Waals surface area (Å²) in [6.07, 6.45) is 2.35. The van der Waals surface area contributed by atoms with E-state index in [1.807, 2.05) is 41.5 Å². The minimum Gasteiger partial charge on any atom is -0.444 e. The number of hydrogen-bond acceptors (Lipinski definition) is 6. The molecule has 2 aromatic rings. The average Bonchev–Trinajstić information content (AvgIpc) is 3.09. The monoisotopic (exact) mass is 496 g/mol. The second kappa shape index (κ2) is 7.87. The van der Waals surface area contributed by atoms with E-state index < -0.39 is 20.7 Å². The van der Waals surface area contributed by atoms with E-state index >= 15 is 0 Å². The number of piperidine rings is 1. The molecule has 2 heterocycles. The molecule has 2 aliphatic rings. The molecule has 1 aliphatic heterocycles. The highest BCUT2D eigenvalue weighted by atomic mass is 35.5. The normalized spacial score (nSPS) is 19.7. The van der Waals surface area contributed by atoms with Crippen LogP contribution in [0.4, 0.5) is 4.79 Å². The van der Waals surface area contributed by atoms with Crippen molar-refractivity contribution < 1.29 is 22.4 Å². The molecule has 1 aromatic carbocycles. The molecule has 4 rings (SSSR count). The van der Waals surface area contributed by atoms with Gasteiger partial charge < -0.3 is 14.1 Å². The van der Waals surface area contributed by atoms with E-state index in [2.05, 4.69) is 4.98 Å². The molecule has 0 N–H and O–H groups in total. The van der Waals surface area contributed by atoms with Crippen molar-refractivity contribution in [1.82, 2.24) is 9.88 Å². The number of likely N-dealkylation sites (tertiary alicyclic amines) is 1.